The minimum absolute atomic E-state index is 0.00858. The van der Waals surface area contributed by atoms with Crippen molar-refractivity contribution in [2.45, 2.75) is 12.5 Å². The molecular weight excluding hydrogens is 290 g/mol. The number of carbonyl (C=O) groups excluding carboxylic acids is 1. The summed E-state index contributed by atoms with van der Waals surface area (Å²) in [6.45, 7) is 0.532. The average molecular weight is 307 g/mol. The van der Waals surface area contributed by atoms with Crippen LogP contribution in [0.1, 0.15) is 16.2 Å². The normalized spacial score (nSPS) is 16.1. The van der Waals surface area contributed by atoms with E-state index in [1.807, 2.05) is 42.5 Å². The third-order valence-corrected chi connectivity index (χ3v) is 4.13. The highest BCUT2D eigenvalue weighted by Crippen LogP contribution is 2.28. The first kappa shape index (κ1) is 13.8. The smallest absolute Gasteiger partial charge is 0.289 e. The van der Waals surface area contributed by atoms with Crippen molar-refractivity contribution in [1.29, 1.82) is 0 Å². The van der Waals surface area contributed by atoms with Crippen LogP contribution in [0.3, 0.4) is 0 Å². The maximum absolute atomic E-state index is 12.6. The maximum Gasteiger partial charge on any atom is 0.289 e. The molecule has 5 nitrogen and oxygen atoms in total. The van der Waals surface area contributed by atoms with Crippen molar-refractivity contribution in [1.82, 2.24) is 14.9 Å². The van der Waals surface area contributed by atoms with Crippen LogP contribution in [0.2, 0.25) is 0 Å². The molecule has 3 aromatic rings. The first-order valence-electron chi connectivity index (χ1n) is 7.65. The molecule has 23 heavy (non-hydrogen) atoms. The summed E-state index contributed by atoms with van der Waals surface area (Å²) in [5.74, 6) is 1.16. The molecule has 0 radical (unpaired) electrons. The number of rotatable bonds is 3. The lowest BCUT2D eigenvalue weighted by molar-refractivity contribution is 0.0720. The van der Waals surface area contributed by atoms with E-state index >= 15 is 0 Å². The van der Waals surface area contributed by atoms with Crippen LogP contribution >= 0.6 is 0 Å². The summed E-state index contributed by atoms with van der Waals surface area (Å²) in [6, 6.07) is 15.6. The van der Waals surface area contributed by atoms with Gasteiger partial charge >= 0.3 is 0 Å². The van der Waals surface area contributed by atoms with Gasteiger partial charge in [-0.1, -0.05) is 30.3 Å². The maximum atomic E-state index is 12.6. The number of ether oxygens (including phenoxy) is 1. The van der Waals surface area contributed by atoms with Gasteiger partial charge in [0.25, 0.3) is 5.91 Å². The Kier molecular flexibility index (Phi) is 3.26. The van der Waals surface area contributed by atoms with Gasteiger partial charge in [-0.3, -0.25) is 4.79 Å². The van der Waals surface area contributed by atoms with Gasteiger partial charge in [-0.15, -0.1) is 0 Å². The quantitative estimate of drug-likeness (QED) is 0.809. The average Bonchev–Trinajstić information content (AvgIpc) is 3.16. The second-order valence-electron chi connectivity index (χ2n) is 5.84. The third-order valence-electron chi connectivity index (χ3n) is 4.13. The van der Waals surface area contributed by atoms with Gasteiger partial charge in [-0.2, -0.15) is 0 Å². The van der Waals surface area contributed by atoms with Gasteiger partial charge < -0.3 is 14.6 Å². The number of imidazole rings is 1. The Morgan fingerprint density at radius 3 is 2.87 bits per heavy atom. The zero-order valence-electron chi connectivity index (χ0n) is 12.8. The van der Waals surface area contributed by atoms with Crippen LogP contribution in [-0.4, -0.2) is 40.5 Å². The number of hydrogen-bond acceptors (Lipinski definition) is 3. The van der Waals surface area contributed by atoms with E-state index < -0.39 is 0 Å². The molecule has 1 atom stereocenters. The lowest BCUT2D eigenvalue weighted by Crippen LogP contribution is -2.36. The summed E-state index contributed by atoms with van der Waals surface area (Å²) in [5.41, 5.74) is 2.87. The molecule has 2 heterocycles. The largest absolute Gasteiger partial charge is 0.488 e. The molecule has 5 heteroatoms. The van der Waals surface area contributed by atoms with Crippen molar-refractivity contribution in [3.05, 3.63) is 59.9 Å². The molecule has 0 bridgehead atoms. The highest BCUT2D eigenvalue weighted by molar-refractivity contribution is 5.94. The fourth-order valence-electron chi connectivity index (χ4n) is 2.98. The molecule has 1 aliphatic heterocycles. The summed E-state index contributed by atoms with van der Waals surface area (Å²) in [5, 5.41) is 0. The highest BCUT2D eigenvalue weighted by atomic mass is 16.5. The molecule has 0 unspecified atom stereocenters. The SMILES string of the molecule is CN(C[C@@H]1Cc2ccccc2O1)C(=O)c1nc2ccccc2[nH]1. The van der Waals surface area contributed by atoms with Crippen LogP contribution in [0.4, 0.5) is 0 Å². The first-order chi connectivity index (χ1) is 11.2. The summed E-state index contributed by atoms with van der Waals surface area (Å²) >= 11 is 0. The second-order valence-corrected chi connectivity index (χ2v) is 5.84. The van der Waals surface area contributed by atoms with Gasteiger partial charge in [0.1, 0.15) is 11.9 Å². The summed E-state index contributed by atoms with van der Waals surface area (Å²) in [6.07, 6.45) is 0.819. The number of nitrogens with zero attached hydrogens (tertiary/aromatic N) is 2. The van der Waals surface area contributed by atoms with Gasteiger partial charge in [0.15, 0.2) is 5.82 Å². The standard InChI is InChI=1S/C18H17N3O2/c1-21(11-13-10-12-6-2-5-9-16(12)23-13)18(22)17-19-14-7-3-4-8-15(14)20-17/h2-9,13H,10-11H2,1H3,(H,19,20)/t13-/m0/s1. The van der Waals surface area contributed by atoms with Crippen LogP contribution in [0, 0.1) is 0 Å². The molecular formula is C18H17N3O2. The van der Waals surface area contributed by atoms with Crippen molar-refractivity contribution >= 4 is 16.9 Å². The monoisotopic (exact) mass is 307 g/mol. The van der Waals surface area contributed by atoms with Crippen molar-refractivity contribution in [2.75, 3.05) is 13.6 Å². The van der Waals surface area contributed by atoms with Gasteiger partial charge in [0.05, 0.1) is 17.6 Å². The molecule has 0 saturated carbocycles. The minimum Gasteiger partial charge on any atom is -0.488 e. The predicted octanol–water partition coefficient (Wildman–Crippen LogP) is 2.64. The fraction of sp³-hybridized carbons (Fsp3) is 0.222. The number of para-hydroxylation sites is 3. The Morgan fingerprint density at radius 1 is 1.26 bits per heavy atom. The van der Waals surface area contributed by atoms with E-state index in [0.717, 1.165) is 23.2 Å². The van der Waals surface area contributed by atoms with Crippen molar-refractivity contribution in [3.8, 4) is 5.75 Å². The number of H-pyrrole nitrogens is 1. The van der Waals surface area contributed by atoms with Crippen molar-refractivity contribution < 1.29 is 9.53 Å². The van der Waals surface area contributed by atoms with Crippen molar-refractivity contribution in [3.63, 3.8) is 0 Å². The van der Waals surface area contributed by atoms with E-state index in [-0.39, 0.29) is 12.0 Å². The zero-order valence-corrected chi connectivity index (χ0v) is 12.8. The van der Waals surface area contributed by atoms with E-state index in [4.69, 9.17) is 4.74 Å². The minimum atomic E-state index is -0.124. The molecule has 116 valence electrons. The summed E-state index contributed by atoms with van der Waals surface area (Å²) in [7, 11) is 1.78. The van der Waals surface area contributed by atoms with E-state index in [1.165, 1.54) is 5.56 Å². The second kappa shape index (κ2) is 5.43. The molecule has 0 spiro atoms. The topological polar surface area (TPSA) is 58.2 Å². The van der Waals surface area contributed by atoms with E-state index in [0.29, 0.717) is 12.4 Å². The van der Waals surface area contributed by atoms with Crippen LogP contribution in [-0.2, 0) is 6.42 Å². The van der Waals surface area contributed by atoms with Crippen molar-refractivity contribution in [2.24, 2.45) is 0 Å². The highest BCUT2D eigenvalue weighted by Gasteiger charge is 2.26. The molecule has 1 aromatic heterocycles. The number of aromatic nitrogens is 2. The molecule has 1 aliphatic rings. The number of fused-ring (bicyclic) bond motifs is 2. The van der Waals surface area contributed by atoms with Crippen LogP contribution in [0.25, 0.3) is 11.0 Å². The van der Waals surface area contributed by atoms with Gasteiger partial charge in [0.2, 0.25) is 0 Å². The Bertz CT molecular complexity index is 813. The van der Waals surface area contributed by atoms with E-state index in [2.05, 4.69) is 16.0 Å². The number of hydrogen-bond donors (Lipinski definition) is 1. The van der Waals surface area contributed by atoms with E-state index in [9.17, 15) is 4.79 Å². The molecule has 4 rings (SSSR count). The predicted molar refractivity (Wildman–Crippen MR) is 87.6 cm³/mol. The van der Waals surface area contributed by atoms with Crippen LogP contribution < -0.4 is 4.74 Å². The summed E-state index contributed by atoms with van der Waals surface area (Å²) in [4.78, 5) is 21.6. The van der Waals surface area contributed by atoms with Gasteiger partial charge in [-0.05, 0) is 23.8 Å². The molecule has 0 saturated heterocycles. The Hall–Kier alpha value is -2.82. The molecule has 1 N–H and O–H groups in total. The Balaban J connectivity index is 1.47. The number of benzene rings is 2. The number of nitrogens with one attached hydrogen (secondary N) is 1. The fourth-order valence-corrected chi connectivity index (χ4v) is 2.98. The Morgan fingerprint density at radius 2 is 2.04 bits per heavy atom. The number of carbonyl (C=O) groups is 1. The molecule has 0 aliphatic carbocycles. The van der Waals surface area contributed by atoms with Gasteiger partial charge in [-0.25, -0.2) is 4.98 Å². The lowest BCUT2D eigenvalue weighted by Gasteiger charge is -2.20. The summed E-state index contributed by atoms with van der Waals surface area (Å²) < 4.78 is 5.90. The van der Waals surface area contributed by atoms with Gasteiger partial charge in [0, 0.05) is 13.5 Å². The first-order valence-corrected chi connectivity index (χ1v) is 7.65. The van der Waals surface area contributed by atoms with E-state index in [1.54, 1.807) is 11.9 Å². The number of likely N-dealkylation sites (N-methyl/N-ethyl adjacent to an activating group) is 1. The number of aromatic amines is 1. The molecule has 0 fully saturated rings. The van der Waals surface area contributed by atoms with Crippen LogP contribution in [0.5, 0.6) is 5.75 Å². The zero-order chi connectivity index (χ0) is 15.8. The third kappa shape index (κ3) is 2.54. The lowest BCUT2D eigenvalue weighted by atomic mass is 10.1. The Labute approximate surface area is 133 Å². The number of amides is 1. The molecule has 2 aromatic carbocycles. The van der Waals surface area contributed by atoms with Crippen LogP contribution in [0.15, 0.2) is 48.5 Å². The molecule has 1 amide bonds.